The third-order valence-electron chi connectivity index (χ3n) is 2.35. The Morgan fingerprint density at radius 3 is 2.95 bits per heavy atom. The highest BCUT2D eigenvalue weighted by molar-refractivity contribution is 7.98. The second-order valence-electron chi connectivity index (χ2n) is 3.65. The van der Waals surface area contributed by atoms with Gasteiger partial charge in [0.05, 0.1) is 7.11 Å². The van der Waals surface area contributed by atoms with Crippen molar-refractivity contribution < 1.29 is 19.4 Å². The van der Waals surface area contributed by atoms with Gasteiger partial charge in [0.2, 0.25) is 6.41 Å². The largest absolute Gasteiger partial charge is 0.496 e. The molecule has 1 amide bonds. The van der Waals surface area contributed by atoms with Gasteiger partial charge >= 0.3 is 5.97 Å². The van der Waals surface area contributed by atoms with Crippen LogP contribution in [0.5, 0.6) is 5.75 Å². The molecule has 7 heteroatoms. The first-order chi connectivity index (χ1) is 9.08. The number of hydrogen-bond donors (Lipinski definition) is 2. The molecule has 0 spiro atoms. The molecule has 0 aromatic heterocycles. The van der Waals surface area contributed by atoms with Crippen molar-refractivity contribution in [2.75, 3.05) is 12.9 Å². The molecular formula is C12H14ClNO4S. The van der Waals surface area contributed by atoms with Gasteiger partial charge in [-0.1, -0.05) is 11.6 Å². The van der Waals surface area contributed by atoms with Gasteiger partial charge in [-0.05, 0) is 18.2 Å². The Balaban J connectivity index is 2.58. The number of nitrogens with one attached hydrogen (secondary N) is 1. The van der Waals surface area contributed by atoms with E-state index in [0.29, 0.717) is 22.9 Å². The van der Waals surface area contributed by atoms with Crippen LogP contribution in [0.1, 0.15) is 5.56 Å². The minimum absolute atomic E-state index is 0.268. The van der Waals surface area contributed by atoms with Gasteiger partial charge in [0.25, 0.3) is 0 Å². The normalized spacial score (nSPS) is 11.7. The molecule has 0 fully saturated rings. The second kappa shape index (κ2) is 7.91. The average Bonchev–Trinajstić information content (AvgIpc) is 2.38. The average molecular weight is 304 g/mol. The molecule has 0 aliphatic carbocycles. The molecule has 104 valence electrons. The van der Waals surface area contributed by atoms with E-state index in [1.165, 1.54) is 11.8 Å². The fraction of sp³-hybridized carbons (Fsp3) is 0.333. The number of amides is 1. The lowest BCUT2D eigenvalue weighted by Gasteiger charge is -2.12. The Bertz CT molecular complexity index is 455. The van der Waals surface area contributed by atoms with E-state index in [1.807, 2.05) is 0 Å². The van der Waals surface area contributed by atoms with Gasteiger partial charge in [-0.15, -0.1) is 0 Å². The highest BCUT2D eigenvalue weighted by Crippen LogP contribution is 2.26. The monoisotopic (exact) mass is 303 g/mol. The summed E-state index contributed by atoms with van der Waals surface area (Å²) in [6.07, 6.45) is 0.388. The number of aliphatic carboxylic acids is 1. The summed E-state index contributed by atoms with van der Waals surface area (Å²) in [6, 6.07) is 4.36. The van der Waals surface area contributed by atoms with Crippen LogP contribution in [0.3, 0.4) is 0 Å². The lowest BCUT2D eigenvalue weighted by atomic mass is 10.2. The van der Waals surface area contributed by atoms with Crippen molar-refractivity contribution in [1.82, 2.24) is 5.32 Å². The van der Waals surface area contributed by atoms with Gasteiger partial charge in [-0.2, -0.15) is 11.8 Å². The lowest BCUT2D eigenvalue weighted by molar-refractivity contribution is -0.139. The number of benzene rings is 1. The third kappa shape index (κ3) is 5.00. The van der Waals surface area contributed by atoms with Gasteiger partial charge < -0.3 is 15.2 Å². The van der Waals surface area contributed by atoms with Gasteiger partial charge in [-0.3, -0.25) is 4.79 Å². The van der Waals surface area contributed by atoms with E-state index in [9.17, 15) is 9.59 Å². The van der Waals surface area contributed by atoms with Gasteiger partial charge in [0, 0.05) is 22.1 Å². The molecule has 0 saturated carbocycles. The first kappa shape index (κ1) is 15.7. The summed E-state index contributed by atoms with van der Waals surface area (Å²) in [7, 11) is 1.56. The molecule has 2 N–H and O–H groups in total. The van der Waals surface area contributed by atoms with Crippen molar-refractivity contribution in [3.8, 4) is 5.75 Å². The summed E-state index contributed by atoms with van der Waals surface area (Å²) < 4.78 is 5.19. The maximum absolute atomic E-state index is 10.8. The number of ether oxygens (including phenoxy) is 1. The molecule has 0 radical (unpaired) electrons. The van der Waals surface area contributed by atoms with Crippen LogP contribution in [0.4, 0.5) is 0 Å². The summed E-state index contributed by atoms with van der Waals surface area (Å²) >= 11 is 7.28. The highest BCUT2D eigenvalue weighted by Gasteiger charge is 2.16. The fourth-order valence-corrected chi connectivity index (χ4v) is 2.65. The molecule has 1 atom stereocenters. The van der Waals surface area contributed by atoms with E-state index in [2.05, 4.69) is 5.32 Å². The highest BCUT2D eigenvalue weighted by atomic mass is 35.5. The Morgan fingerprint density at radius 1 is 1.63 bits per heavy atom. The lowest BCUT2D eigenvalue weighted by Crippen LogP contribution is -2.37. The summed E-state index contributed by atoms with van der Waals surface area (Å²) in [5.41, 5.74) is 0.884. The molecule has 19 heavy (non-hydrogen) atoms. The molecule has 0 aliphatic rings. The van der Waals surface area contributed by atoms with Crippen LogP contribution in [0.2, 0.25) is 5.02 Å². The molecule has 1 aromatic rings. The molecule has 0 aliphatic heterocycles. The van der Waals surface area contributed by atoms with E-state index in [1.54, 1.807) is 25.3 Å². The molecule has 0 heterocycles. The predicted octanol–water partition coefficient (Wildman–Crippen LogP) is 1.78. The van der Waals surface area contributed by atoms with E-state index < -0.39 is 12.0 Å². The number of carboxylic acid groups (broad SMARTS) is 1. The Morgan fingerprint density at radius 2 is 2.37 bits per heavy atom. The van der Waals surface area contributed by atoms with Crippen molar-refractivity contribution in [2.24, 2.45) is 0 Å². The second-order valence-corrected chi connectivity index (χ2v) is 5.11. The Kier molecular flexibility index (Phi) is 6.52. The SMILES string of the molecule is COc1ccc(Cl)cc1CSCC(NC=O)C(=O)O. The minimum atomic E-state index is -1.06. The van der Waals surface area contributed by atoms with Gasteiger partial charge in [-0.25, -0.2) is 4.79 Å². The smallest absolute Gasteiger partial charge is 0.327 e. The Hall–Kier alpha value is -1.40. The first-order valence-electron chi connectivity index (χ1n) is 5.41. The molecule has 0 saturated heterocycles. The summed E-state index contributed by atoms with van der Waals surface area (Å²) in [5, 5.41) is 11.7. The maximum atomic E-state index is 10.8. The van der Waals surface area contributed by atoms with Crippen LogP contribution >= 0.6 is 23.4 Å². The molecule has 1 unspecified atom stereocenters. The number of methoxy groups -OCH3 is 1. The number of carbonyl (C=O) groups is 2. The van der Waals surface area contributed by atoms with Crippen molar-refractivity contribution in [2.45, 2.75) is 11.8 Å². The summed E-state index contributed by atoms with van der Waals surface area (Å²) in [5.74, 6) is 0.461. The van der Waals surface area contributed by atoms with Crippen LogP contribution in [0.15, 0.2) is 18.2 Å². The maximum Gasteiger partial charge on any atom is 0.327 e. The zero-order valence-electron chi connectivity index (χ0n) is 10.3. The summed E-state index contributed by atoms with van der Waals surface area (Å²) in [6.45, 7) is 0. The van der Waals surface area contributed by atoms with Gasteiger partial charge in [0.1, 0.15) is 11.8 Å². The number of rotatable bonds is 8. The van der Waals surface area contributed by atoms with Crippen LogP contribution < -0.4 is 10.1 Å². The van der Waals surface area contributed by atoms with Crippen molar-refractivity contribution >= 4 is 35.7 Å². The fourth-order valence-electron chi connectivity index (χ4n) is 1.42. The molecule has 1 rings (SSSR count). The van der Waals surface area contributed by atoms with Crippen molar-refractivity contribution in [3.05, 3.63) is 28.8 Å². The van der Waals surface area contributed by atoms with Crippen LogP contribution in [0, 0.1) is 0 Å². The predicted molar refractivity (Wildman–Crippen MR) is 74.8 cm³/mol. The quantitative estimate of drug-likeness (QED) is 0.716. The number of carbonyl (C=O) groups excluding carboxylic acids is 1. The third-order valence-corrected chi connectivity index (χ3v) is 3.67. The zero-order valence-corrected chi connectivity index (χ0v) is 11.8. The minimum Gasteiger partial charge on any atom is -0.496 e. The molecule has 5 nitrogen and oxygen atoms in total. The van der Waals surface area contributed by atoms with E-state index in [4.69, 9.17) is 21.4 Å². The zero-order chi connectivity index (χ0) is 14.3. The van der Waals surface area contributed by atoms with Crippen molar-refractivity contribution in [1.29, 1.82) is 0 Å². The number of carboxylic acids is 1. The van der Waals surface area contributed by atoms with Crippen LogP contribution in [-0.4, -0.2) is 36.4 Å². The van der Waals surface area contributed by atoms with Gasteiger partial charge in [0.15, 0.2) is 0 Å². The van der Waals surface area contributed by atoms with E-state index >= 15 is 0 Å². The standard InChI is InChI=1S/C12H14ClNO4S/c1-18-11-3-2-9(13)4-8(11)5-19-6-10(12(16)17)14-7-15/h2-4,7,10H,5-6H2,1H3,(H,14,15)(H,16,17). The first-order valence-corrected chi connectivity index (χ1v) is 6.94. The molecule has 1 aromatic carbocycles. The summed E-state index contributed by atoms with van der Waals surface area (Å²) in [4.78, 5) is 21.1. The van der Waals surface area contributed by atoms with E-state index in [-0.39, 0.29) is 5.75 Å². The van der Waals surface area contributed by atoms with Crippen LogP contribution in [-0.2, 0) is 15.3 Å². The number of halogens is 1. The number of thioether (sulfide) groups is 1. The van der Waals surface area contributed by atoms with Crippen molar-refractivity contribution in [3.63, 3.8) is 0 Å². The number of hydrogen-bond acceptors (Lipinski definition) is 4. The topological polar surface area (TPSA) is 75.6 Å². The Labute approximate surface area is 120 Å². The molecule has 0 bridgehead atoms. The molecular weight excluding hydrogens is 290 g/mol. The van der Waals surface area contributed by atoms with Crippen LogP contribution in [0.25, 0.3) is 0 Å². The van der Waals surface area contributed by atoms with E-state index in [0.717, 1.165) is 5.56 Å².